The van der Waals surface area contributed by atoms with Gasteiger partial charge in [0.1, 0.15) is 0 Å². The highest BCUT2D eigenvalue weighted by Gasteiger charge is 2.15. The predicted molar refractivity (Wildman–Crippen MR) is 67.2 cm³/mol. The van der Waals surface area contributed by atoms with Crippen molar-refractivity contribution in [3.05, 3.63) is 12.4 Å². The molecule has 0 aromatic carbocycles. The van der Waals surface area contributed by atoms with Crippen molar-refractivity contribution in [2.45, 2.75) is 32.8 Å². The SMILES string of the molecule is CCC(CC)C(O)CNc1ncc(OC)cn1. The normalized spacial score (nSPS) is 12.5. The Morgan fingerprint density at radius 1 is 1.29 bits per heavy atom. The van der Waals surface area contributed by atoms with E-state index in [1.807, 2.05) is 0 Å². The third kappa shape index (κ3) is 4.19. The third-order valence-corrected chi connectivity index (χ3v) is 2.93. The van der Waals surface area contributed by atoms with Crippen LogP contribution in [0.15, 0.2) is 12.4 Å². The van der Waals surface area contributed by atoms with Crippen LogP contribution in [0.1, 0.15) is 26.7 Å². The number of nitrogens with zero attached hydrogens (tertiary/aromatic N) is 2. The summed E-state index contributed by atoms with van der Waals surface area (Å²) in [6.07, 6.45) is 4.78. The van der Waals surface area contributed by atoms with Crippen LogP contribution in [0.5, 0.6) is 5.75 Å². The Kier molecular flexibility index (Phi) is 5.69. The molecule has 1 rings (SSSR count). The van der Waals surface area contributed by atoms with Gasteiger partial charge in [-0.05, 0) is 5.92 Å². The van der Waals surface area contributed by atoms with Crippen LogP contribution >= 0.6 is 0 Å². The van der Waals surface area contributed by atoms with E-state index in [1.165, 1.54) is 0 Å². The second kappa shape index (κ2) is 7.06. The highest BCUT2D eigenvalue weighted by atomic mass is 16.5. The van der Waals surface area contributed by atoms with E-state index in [4.69, 9.17) is 4.74 Å². The summed E-state index contributed by atoms with van der Waals surface area (Å²) in [7, 11) is 1.57. The highest BCUT2D eigenvalue weighted by Crippen LogP contribution is 2.13. The minimum absolute atomic E-state index is 0.320. The maximum Gasteiger partial charge on any atom is 0.222 e. The minimum atomic E-state index is -0.365. The van der Waals surface area contributed by atoms with Gasteiger partial charge in [-0.15, -0.1) is 0 Å². The smallest absolute Gasteiger partial charge is 0.222 e. The third-order valence-electron chi connectivity index (χ3n) is 2.93. The van der Waals surface area contributed by atoms with Crippen LogP contribution in [0, 0.1) is 5.92 Å². The zero-order valence-corrected chi connectivity index (χ0v) is 10.7. The number of aliphatic hydroxyl groups excluding tert-OH is 1. The van der Waals surface area contributed by atoms with E-state index in [0.717, 1.165) is 12.8 Å². The van der Waals surface area contributed by atoms with E-state index >= 15 is 0 Å². The van der Waals surface area contributed by atoms with Gasteiger partial charge >= 0.3 is 0 Å². The number of hydrogen-bond acceptors (Lipinski definition) is 5. The average molecular weight is 239 g/mol. The molecule has 1 atom stereocenters. The molecule has 96 valence electrons. The lowest BCUT2D eigenvalue weighted by Gasteiger charge is -2.20. The van der Waals surface area contributed by atoms with Gasteiger partial charge in [-0.25, -0.2) is 9.97 Å². The second-order valence-corrected chi connectivity index (χ2v) is 3.97. The van der Waals surface area contributed by atoms with E-state index < -0.39 is 0 Å². The molecular weight excluding hydrogens is 218 g/mol. The van der Waals surface area contributed by atoms with E-state index in [-0.39, 0.29) is 6.10 Å². The standard InChI is InChI=1S/C12H21N3O2/c1-4-9(5-2)11(16)8-15-12-13-6-10(17-3)7-14-12/h6-7,9,11,16H,4-5,8H2,1-3H3,(H,13,14,15). The molecule has 5 heteroatoms. The predicted octanol–water partition coefficient (Wildman–Crippen LogP) is 1.69. The van der Waals surface area contributed by atoms with Crippen LogP contribution < -0.4 is 10.1 Å². The summed E-state index contributed by atoms with van der Waals surface area (Å²) in [6, 6.07) is 0. The molecule has 0 fully saturated rings. The molecule has 0 bridgehead atoms. The Bertz CT molecular complexity index is 312. The summed E-state index contributed by atoms with van der Waals surface area (Å²) in [5.41, 5.74) is 0. The van der Waals surface area contributed by atoms with Crippen LogP contribution in [0.3, 0.4) is 0 Å². The Hall–Kier alpha value is -1.36. The van der Waals surface area contributed by atoms with Crippen molar-refractivity contribution in [2.24, 2.45) is 5.92 Å². The number of ether oxygens (including phenoxy) is 1. The van der Waals surface area contributed by atoms with Gasteiger partial charge in [0.05, 0.1) is 25.6 Å². The lowest BCUT2D eigenvalue weighted by molar-refractivity contribution is 0.114. The molecule has 0 saturated heterocycles. The molecule has 1 unspecified atom stereocenters. The molecule has 0 aliphatic rings. The van der Waals surface area contributed by atoms with E-state index in [0.29, 0.717) is 24.2 Å². The number of aliphatic hydroxyl groups is 1. The molecule has 0 aliphatic heterocycles. The van der Waals surface area contributed by atoms with Gasteiger partial charge in [0, 0.05) is 6.54 Å². The van der Waals surface area contributed by atoms with E-state index in [1.54, 1.807) is 19.5 Å². The zero-order chi connectivity index (χ0) is 12.7. The topological polar surface area (TPSA) is 67.3 Å². The van der Waals surface area contributed by atoms with Gasteiger partial charge < -0.3 is 15.2 Å². The lowest BCUT2D eigenvalue weighted by Crippen LogP contribution is -2.28. The zero-order valence-electron chi connectivity index (χ0n) is 10.7. The first-order valence-electron chi connectivity index (χ1n) is 5.99. The van der Waals surface area contributed by atoms with Crippen LogP contribution in [-0.2, 0) is 0 Å². The van der Waals surface area contributed by atoms with Gasteiger partial charge in [-0.3, -0.25) is 0 Å². The van der Waals surface area contributed by atoms with Gasteiger partial charge in [0.15, 0.2) is 5.75 Å². The fraction of sp³-hybridized carbons (Fsp3) is 0.667. The summed E-state index contributed by atoms with van der Waals surface area (Å²) in [6.45, 7) is 4.64. The maximum atomic E-state index is 9.93. The Balaban J connectivity index is 2.43. The van der Waals surface area contributed by atoms with E-state index in [2.05, 4.69) is 29.1 Å². The van der Waals surface area contributed by atoms with Crippen molar-refractivity contribution in [2.75, 3.05) is 19.0 Å². The largest absolute Gasteiger partial charge is 0.494 e. The molecule has 0 amide bonds. The van der Waals surface area contributed by atoms with Crippen LogP contribution in [0.2, 0.25) is 0 Å². The summed E-state index contributed by atoms with van der Waals surface area (Å²) < 4.78 is 4.97. The fourth-order valence-electron chi connectivity index (χ4n) is 1.71. The monoisotopic (exact) mass is 239 g/mol. The molecule has 0 spiro atoms. The van der Waals surface area contributed by atoms with Crippen LogP contribution in [-0.4, -0.2) is 34.8 Å². The first kappa shape index (κ1) is 13.7. The fourth-order valence-corrected chi connectivity index (χ4v) is 1.71. The van der Waals surface area contributed by atoms with Crippen molar-refractivity contribution < 1.29 is 9.84 Å². The highest BCUT2D eigenvalue weighted by molar-refractivity contribution is 5.27. The average Bonchev–Trinajstić information content (AvgIpc) is 2.38. The number of aromatic nitrogens is 2. The summed E-state index contributed by atoms with van der Waals surface area (Å²) in [5.74, 6) is 1.45. The van der Waals surface area contributed by atoms with Crippen LogP contribution in [0.4, 0.5) is 5.95 Å². The minimum Gasteiger partial charge on any atom is -0.494 e. The number of methoxy groups -OCH3 is 1. The number of nitrogens with one attached hydrogen (secondary N) is 1. The molecule has 1 aromatic heterocycles. The molecule has 0 aliphatic carbocycles. The molecule has 1 heterocycles. The first-order valence-corrected chi connectivity index (χ1v) is 5.99. The van der Waals surface area contributed by atoms with E-state index in [9.17, 15) is 5.11 Å². The summed E-state index contributed by atoms with van der Waals surface area (Å²) >= 11 is 0. The number of rotatable bonds is 7. The molecule has 0 radical (unpaired) electrons. The van der Waals surface area contributed by atoms with Crippen molar-refractivity contribution in [1.82, 2.24) is 9.97 Å². The van der Waals surface area contributed by atoms with Gasteiger partial charge in [0.2, 0.25) is 5.95 Å². The second-order valence-electron chi connectivity index (χ2n) is 3.97. The molecular formula is C12H21N3O2. The van der Waals surface area contributed by atoms with Gasteiger partial charge in [-0.2, -0.15) is 0 Å². The van der Waals surface area contributed by atoms with Gasteiger partial charge in [0.25, 0.3) is 0 Å². The van der Waals surface area contributed by atoms with Crippen molar-refractivity contribution in [3.8, 4) is 5.75 Å². The lowest BCUT2D eigenvalue weighted by atomic mass is 9.97. The van der Waals surface area contributed by atoms with Crippen LogP contribution in [0.25, 0.3) is 0 Å². The van der Waals surface area contributed by atoms with Crippen molar-refractivity contribution in [3.63, 3.8) is 0 Å². The summed E-state index contributed by atoms with van der Waals surface area (Å²) in [4.78, 5) is 8.15. The maximum absolute atomic E-state index is 9.93. The quantitative estimate of drug-likeness (QED) is 0.758. The Morgan fingerprint density at radius 3 is 2.35 bits per heavy atom. The van der Waals surface area contributed by atoms with Crippen molar-refractivity contribution in [1.29, 1.82) is 0 Å². The van der Waals surface area contributed by atoms with Gasteiger partial charge in [-0.1, -0.05) is 26.7 Å². The molecule has 2 N–H and O–H groups in total. The molecule has 5 nitrogen and oxygen atoms in total. The number of anilines is 1. The number of hydrogen-bond donors (Lipinski definition) is 2. The molecule has 0 saturated carbocycles. The molecule has 1 aromatic rings. The molecule has 17 heavy (non-hydrogen) atoms. The Morgan fingerprint density at radius 2 is 1.88 bits per heavy atom. The van der Waals surface area contributed by atoms with Crippen molar-refractivity contribution >= 4 is 5.95 Å². The summed E-state index contributed by atoms with van der Waals surface area (Å²) in [5, 5.41) is 12.9. The Labute approximate surface area is 102 Å². The first-order chi connectivity index (χ1) is 8.21.